The Bertz CT molecular complexity index is 444. The highest BCUT2D eigenvalue weighted by atomic mass is 16.6. The third kappa shape index (κ3) is 3.33. The molecule has 0 fully saturated rings. The minimum absolute atomic E-state index is 0.00456. The third-order valence-corrected chi connectivity index (χ3v) is 3.17. The second-order valence-corrected chi connectivity index (χ2v) is 5.09. The molecule has 0 aliphatic carbocycles. The van der Waals surface area contributed by atoms with E-state index in [-0.39, 0.29) is 11.2 Å². The van der Waals surface area contributed by atoms with Crippen molar-refractivity contribution in [3.8, 4) is 0 Å². The van der Waals surface area contributed by atoms with Crippen molar-refractivity contribution in [1.82, 2.24) is 4.90 Å². The molecule has 6 heteroatoms. The molecule has 100 valence electrons. The van der Waals surface area contributed by atoms with Crippen molar-refractivity contribution in [3.05, 3.63) is 28.3 Å². The molecule has 0 aliphatic rings. The summed E-state index contributed by atoms with van der Waals surface area (Å²) >= 11 is 0. The second-order valence-electron chi connectivity index (χ2n) is 5.09. The minimum atomic E-state index is -0.454. The van der Waals surface area contributed by atoms with Gasteiger partial charge in [-0.25, -0.2) is 0 Å². The number of hydrogen-bond acceptors (Lipinski definition) is 5. The molecule has 3 N–H and O–H groups in total. The van der Waals surface area contributed by atoms with E-state index in [1.54, 1.807) is 6.07 Å². The molecule has 6 nitrogen and oxygen atoms in total. The van der Waals surface area contributed by atoms with E-state index in [0.717, 1.165) is 5.69 Å². The number of likely N-dealkylation sites (N-methyl/N-ethyl adjacent to an activating group) is 1. The number of nitrogens with zero attached hydrogens (tertiary/aromatic N) is 2. The van der Waals surface area contributed by atoms with E-state index in [4.69, 9.17) is 5.73 Å². The molecule has 1 rings (SSSR count). The lowest BCUT2D eigenvalue weighted by atomic mass is 10.0. The monoisotopic (exact) mass is 252 g/mol. The fourth-order valence-corrected chi connectivity index (χ4v) is 1.29. The number of rotatable bonds is 5. The molecule has 0 heterocycles. The van der Waals surface area contributed by atoms with E-state index >= 15 is 0 Å². The number of nitro groups is 1. The first kappa shape index (κ1) is 14.2. The van der Waals surface area contributed by atoms with Crippen molar-refractivity contribution in [1.29, 1.82) is 0 Å². The van der Waals surface area contributed by atoms with Gasteiger partial charge in [0.25, 0.3) is 5.69 Å². The van der Waals surface area contributed by atoms with Crippen LogP contribution in [-0.2, 0) is 0 Å². The Labute approximate surface area is 107 Å². The van der Waals surface area contributed by atoms with Crippen LogP contribution < -0.4 is 11.1 Å². The van der Waals surface area contributed by atoms with Gasteiger partial charge in [0.1, 0.15) is 0 Å². The van der Waals surface area contributed by atoms with E-state index in [2.05, 4.69) is 24.1 Å². The van der Waals surface area contributed by atoms with Gasteiger partial charge in [-0.1, -0.05) is 0 Å². The highest BCUT2D eigenvalue weighted by Crippen LogP contribution is 2.24. The molecule has 0 bridgehead atoms. The lowest BCUT2D eigenvalue weighted by Crippen LogP contribution is -2.44. The molecule has 0 saturated heterocycles. The predicted octanol–water partition coefficient (Wildman–Crippen LogP) is 1.93. The summed E-state index contributed by atoms with van der Waals surface area (Å²) in [5.41, 5.74) is 6.86. The number of nitrogens with two attached hydrogens (primary N) is 1. The number of non-ortho nitro benzene ring substituents is 1. The molecule has 0 radical (unpaired) electrons. The van der Waals surface area contributed by atoms with Crippen LogP contribution in [0.3, 0.4) is 0 Å². The highest BCUT2D eigenvalue weighted by molar-refractivity contribution is 5.69. The lowest BCUT2D eigenvalue weighted by Gasteiger charge is -2.33. The van der Waals surface area contributed by atoms with E-state index < -0.39 is 4.92 Å². The minimum Gasteiger partial charge on any atom is -0.397 e. The molecule has 0 aromatic heterocycles. The van der Waals surface area contributed by atoms with Crippen molar-refractivity contribution in [2.75, 3.05) is 31.7 Å². The average molecular weight is 252 g/mol. The van der Waals surface area contributed by atoms with E-state index in [0.29, 0.717) is 12.2 Å². The summed E-state index contributed by atoms with van der Waals surface area (Å²) in [5.74, 6) is 0. The topological polar surface area (TPSA) is 84.4 Å². The fraction of sp³-hybridized carbons (Fsp3) is 0.500. The van der Waals surface area contributed by atoms with Crippen molar-refractivity contribution in [2.24, 2.45) is 0 Å². The average Bonchev–Trinajstić information content (AvgIpc) is 2.26. The molecule has 0 amide bonds. The van der Waals surface area contributed by atoms with Crippen molar-refractivity contribution in [2.45, 2.75) is 19.4 Å². The van der Waals surface area contributed by atoms with Gasteiger partial charge in [-0.2, -0.15) is 0 Å². The van der Waals surface area contributed by atoms with Gasteiger partial charge in [-0.05, 0) is 34.0 Å². The molecule has 0 atom stereocenters. The Hall–Kier alpha value is -1.82. The molecule has 1 aromatic rings. The summed E-state index contributed by atoms with van der Waals surface area (Å²) in [6.07, 6.45) is 0. The highest BCUT2D eigenvalue weighted by Gasteiger charge is 2.20. The van der Waals surface area contributed by atoms with Crippen LogP contribution >= 0.6 is 0 Å². The Balaban J connectivity index is 2.78. The first-order valence-corrected chi connectivity index (χ1v) is 5.69. The molecule has 0 saturated carbocycles. The lowest BCUT2D eigenvalue weighted by molar-refractivity contribution is -0.384. The molecular weight excluding hydrogens is 232 g/mol. The molecule has 0 aliphatic heterocycles. The summed E-state index contributed by atoms with van der Waals surface area (Å²) in [4.78, 5) is 12.2. The van der Waals surface area contributed by atoms with Crippen molar-refractivity contribution < 1.29 is 4.92 Å². The largest absolute Gasteiger partial charge is 0.397 e. The maximum absolute atomic E-state index is 10.6. The first-order chi connectivity index (χ1) is 8.24. The molecule has 0 spiro atoms. The maximum Gasteiger partial charge on any atom is 0.271 e. The zero-order chi connectivity index (χ0) is 13.9. The Morgan fingerprint density at radius 2 is 2.06 bits per heavy atom. The summed E-state index contributed by atoms with van der Waals surface area (Å²) in [6.45, 7) is 4.89. The first-order valence-electron chi connectivity index (χ1n) is 5.69. The number of anilines is 2. The van der Waals surface area contributed by atoms with Crippen LogP contribution in [0.5, 0.6) is 0 Å². The van der Waals surface area contributed by atoms with Gasteiger partial charge in [0.2, 0.25) is 0 Å². The summed E-state index contributed by atoms with van der Waals surface area (Å²) in [6, 6.07) is 4.45. The van der Waals surface area contributed by atoms with Crippen LogP contribution in [0.2, 0.25) is 0 Å². The van der Waals surface area contributed by atoms with Gasteiger partial charge < -0.3 is 16.0 Å². The number of hydrogen-bond donors (Lipinski definition) is 2. The van der Waals surface area contributed by atoms with Crippen LogP contribution in [-0.4, -0.2) is 36.0 Å². The SMILES string of the molecule is CN(C)C(C)(C)CNc1ccc([N+](=O)[O-])cc1N. The Morgan fingerprint density at radius 3 is 2.50 bits per heavy atom. The van der Waals surface area contributed by atoms with Crippen LogP contribution in [0.4, 0.5) is 17.1 Å². The summed E-state index contributed by atoms with van der Waals surface area (Å²) in [7, 11) is 4.00. The zero-order valence-corrected chi connectivity index (χ0v) is 11.2. The third-order valence-electron chi connectivity index (χ3n) is 3.17. The number of benzene rings is 1. The van der Waals surface area contributed by atoms with Gasteiger partial charge in [0, 0.05) is 24.2 Å². The molecule has 0 unspecified atom stereocenters. The molecular formula is C12H20N4O2. The van der Waals surface area contributed by atoms with Gasteiger partial charge in [-0.3, -0.25) is 10.1 Å². The van der Waals surface area contributed by atoms with Gasteiger partial charge in [-0.15, -0.1) is 0 Å². The molecule has 18 heavy (non-hydrogen) atoms. The van der Waals surface area contributed by atoms with Crippen molar-refractivity contribution in [3.63, 3.8) is 0 Å². The Morgan fingerprint density at radius 1 is 1.44 bits per heavy atom. The fourth-order valence-electron chi connectivity index (χ4n) is 1.29. The number of nitro benzene ring substituents is 1. The van der Waals surface area contributed by atoms with Gasteiger partial charge in [0.05, 0.1) is 16.3 Å². The Kier molecular flexibility index (Phi) is 4.13. The smallest absolute Gasteiger partial charge is 0.271 e. The normalized spacial score (nSPS) is 11.6. The molecule has 1 aromatic carbocycles. The quantitative estimate of drug-likeness (QED) is 0.475. The second kappa shape index (κ2) is 5.22. The van der Waals surface area contributed by atoms with E-state index in [1.807, 2.05) is 14.1 Å². The maximum atomic E-state index is 10.6. The van der Waals surface area contributed by atoms with Gasteiger partial charge >= 0.3 is 0 Å². The van der Waals surface area contributed by atoms with Crippen LogP contribution in [0, 0.1) is 10.1 Å². The van der Waals surface area contributed by atoms with Crippen LogP contribution in [0.15, 0.2) is 18.2 Å². The van der Waals surface area contributed by atoms with E-state index in [1.165, 1.54) is 12.1 Å². The van der Waals surface area contributed by atoms with E-state index in [9.17, 15) is 10.1 Å². The summed E-state index contributed by atoms with van der Waals surface area (Å²) in [5, 5.41) is 13.8. The predicted molar refractivity (Wildman–Crippen MR) is 73.8 cm³/mol. The van der Waals surface area contributed by atoms with Gasteiger partial charge in [0.15, 0.2) is 0 Å². The summed E-state index contributed by atoms with van der Waals surface area (Å²) < 4.78 is 0. The standard InChI is InChI=1S/C12H20N4O2/c1-12(2,15(3)4)8-14-11-6-5-9(16(17)18)7-10(11)13/h5-7,14H,8,13H2,1-4H3. The zero-order valence-electron chi connectivity index (χ0n) is 11.2. The number of nitrogen functional groups attached to an aromatic ring is 1. The van der Waals surface area contributed by atoms with Crippen LogP contribution in [0.25, 0.3) is 0 Å². The number of nitrogens with one attached hydrogen (secondary N) is 1. The van der Waals surface area contributed by atoms with Crippen molar-refractivity contribution >= 4 is 17.1 Å². The van der Waals surface area contributed by atoms with Crippen LogP contribution in [0.1, 0.15) is 13.8 Å².